The van der Waals surface area contributed by atoms with Crippen LogP contribution in [0.2, 0.25) is 5.02 Å². The van der Waals surface area contributed by atoms with Crippen molar-refractivity contribution in [1.82, 2.24) is 0 Å². The minimum Gasteiger partial charge on any atom is -0.370 e. The van der Waals surface area contributed by atoms with Crippen molar-refractivity contribution in [1.29, 1.82) is 0 Å². The Kier molecular flexibility index (Phi) is 5.11. The van der Waals surface area contributed by atoms with E-state index in [9.17, 15) is 4.79 Å². The predicted octanol–water partition coefficient (Wildman–Crippen LogP) is 2.20. The second-order valence-corrected chi connectivity index (χ2v) is 4.73. The maximum Gasteiger partial charge on any atom is 0.195 e. The maximum atomic E-state index is 12.5. The Morgan fingerprint density at radius 1 is 1.14 bits per heavy atom. The first-order valence-electron chi connectivity index (χ1n) is 6.33. The molecule has 0 atom stereocenters. The molecule has 22 heavy (non-hydrogen) atoms. The van der Waals surface area contributed by atoms with Gasteiger partial charge in [0, 0.05) is 16.1 Å². The highest BCUT2D eigenvalue weighted by molar-refractivity contribution is 6.31. The smallest absolute Gasteiger partial charge is 0.195 e. The number of benzene rings is 2. The highest BCUT2D eigenvalue weighted by Crippen LogP contribution is 2.23. The molecule has 7 heteroatoms. The average Bonchev–Trinajstić information content (AvgIpc) is 2.52. The van der Waals surface area contributed by atoms with E-state index in [1.807, 2.05) is 6.07 Å². The summed E-state index contributed by atoms with van der Waals surface area (Å²) in [5.41, 5.74) is 14.5. The molecule has 0 heterocycles. The molecule has 0 fully saturated rings. The number of anilines is 1. The lowest BCUT2D eigenvalue weighted by atomic mass is 10.0. The molecule has 5 N–H and O–H groups in total. The summed E-state index contributed by atoms with van der Waals surface area (Å²) in [5, 5.41) is 4.29. The zero-order chi connectivity index (χ0) is 15.9. The number of guanidine groups is 1. The van der Waals surface area contributed by atoms with Crippen molar-refractivity contribution in [3.05, 3.63) is 64.7 Å². The molecule has 0 amide bonds. The molecule has 112 valence electrons. The number of aliphatic imine (C=N–C) groups is 1. The van der Waals surface area contributed by atoms with Gasteiger partial charge < -0.3 is 11.5 Å². The fraction of sp³-hybridized carbons (Fsp3) is 0. The van der Waals surface area contributed by atoms with E-state index in [1.165, 1.54) is 0 Å². The minimum atomic E-state index is -0.164. The number of nitrogens with zero attached hydrogens (tertiary/aromatic N) is 2. The van der Waals surface area contributed by atoms with E-state index < -0.39 is 0 Å². The fourth-order valence-electron chi connectivity index (χ4n) is 1.74. The highest BCUT2D eigenvalue weighted by atomic mass is 35.5. The highest BCUT2D eigenvalue weighted by Gasteiger charge is 2.13. The summed E-state index contributed by atoms with van der Waals surface area (Å²) in [6.07, 6.45) is 1.15. The molecule has 6 nitrogen and oxygen atoms in total. The standard InChI is InChI=1S/C15H14ClN5O/c16-11-6-7-13(21-20-9-19-15(17)18)12(8-11)14(22)10-4-2-1-3-5-10/h1-9,21H,(H4,17,18,19,20). The number of carbonyl (C=O) groups is 1. The van der Waals surface area contributed by atoms with Crippen LogP contribution < -0.4 is 16.9 Å². The van der Waals surface area contributed by atoms with Crippen molar-refractivity contribution in [2.45, 2.75) is 0 Å². The third-order valence-corrected chi connectivity index (χ3v) is 2.95. The molecule has 0 saturated heterocycles. The van der Waals surface area contributed by atoms with E-state index in [-0.39, 0.29) is 11.7 Å². The van der Waals surface area contributed by atoms with E-state index in [2.05, 4.69) is 15.5 Å². The van der Waals surface area contributed by atoms with Crippen molar-refractivity contribution >= 4 is 35.4 Å². The first-order valence-corrected chi connectivity index (χ1v) is 6.71. The number of ketones is 1. The number of rotatable bonds is 5. The molecule has 2 aromatic carbocycles. The van der Waals surface area contributed by atoms with Crippen LogP contribution in [0.1, 0.15) is 15.9 Å². The zero-order valence-corrected chi connectivity index (χ0v) is 12.3. The van der Waals surface area contributed by atoms with E-state index in [4.69, 9.17) is 23.1 Å². The van der Waals surface area contributed by atoms with Gasteiger partial charge in [-0.3, -0.25) is 10.2 Å². The van der Waals surface area contributed by atoms with Crippen LogP contribution in [0, 0.1) is 0 Å². The van der Waals surface area contributed by atoms with Gasteiger partial charge in [0.2, 0.25) is 0 Å². The largest absolute Gasteiger partial charge is 0.370 e. The van der Waals surface area contributed by atoms with Crippen LogP contribution in [0.3, 0.4) is 0 Å². The fourth-order valence-corrected chi connectivity index (χ4v) is 1.91. The van der Waals surface area contributed by atoms with E-state index in [0.29, 0.717) is 21.8 Å². The quantitative estimate of drug-likeness (QED) is 0.340. The SMILES string of the molecule is NC(N)=NC=NNc1ccc(Cl)cc1C(=O)c1ccccc1. The molecule has 0 aliphatic carbocycles. The lowest BCUT2D eigenvalue weighted by molar-refractivity contribution is 0.103. The Hall–Kier alpha value is -2.86. The van der Waals surface area contributed by atoms with Crippen LogP contribution in [0.5, 0.6) is 0 Å². The number of hydrogen-bond donors (Lipinski definition) is 3. The Balaban J connectivity index is 2.30. The Labute approximate surface area is 132 Å². The summed E-state index contributed by atoms with van der Waals surface area (Å²) < 4.78 is 0. The lowest BCUT2D eigenvalue weighted by Crippen LogP contribution is -2.22. The van der Waals surface area contributed by atoms with Crippen LogP contribution in [-0.4, -0.2) is 18.1 Å². The van der Waals surface area contributed by atoms with Gasteiger partial charge in [0.25, 0.3) is 0 Å². The number of hydrazone groups is 1. The molecule has 0 saturated carbocycles. The normalized spacial score (nSPS) is 10.4. The monoisotopic (exact) mass is 315 g/mol. The molecule has 2 aromatic rings. The Bertz CT molecular complexity index is 724. The van der Waals surface area contributed by atoms with Gasteiger partial charge in [0.1, 0.15) is 6.34 Å². The molecule has 0 aromatic heterocycles. The van der Waals surface area contributed by atoms with Crippen LogP contribution >= 0.6 is 11.6 Å². The van der Waals surface area contributed by atoms with E-state index in [0.717, 1.165) is 6.34 Å². The van der Waals surface area contributed by atoms with E-state index in [1.54, 1.807) is 42.5 Å². The Morgan fingerprint density at radius 3 is 2.55 bits per heavy atom. The summed E-state index contributed by atoms with van der Waals surface area (Å²) in [5.74, 6) is -0.273. The van der Waals surface area contributed by atoms with Crippen molar-refractivity contribution < 1.29 is 4.79 Å². The number of hydrogen-bond acceptors (Lipinski definition) is 3. The van der Waals surface area contributed by atoms with Gasteiger partial charge in [0.15, 0.2) is 11.7 Å². The topological polar surface area (TPSA) is 106 Å². The molecule has 0 aliphatic heterocycles. The predicted molar refractivity (Wildman–Crippen MR) is 89.3 cm³/mol. The molecule has 0 aliphatic rings. The molecule has 0 bridgehead atoms. The Morgan fingerprint density at radius 2 is 1.86 bits per heavy atom. The van der Waals surface area contributed by atoms with Crippen LogP contribution in [0.15, 0.2) is 58.6 Å². The number of nitrogens with two attached hydrogens (primary N) is 2. The third-order valence-electron chi connectivity index (χ3n) is 2.71. The summed E-state index contributed by atoms with van der Waals surface area (Å²) in [6.45, 7) is 0. The van der Waals surface area contributed by atoms with E-state index >= 15 is 0 Å². The van der Waals surface area contributed by atoms with Gasteiger partial charge in [-0.2, -0.15) is 5.10 Å². The third kappa shape index (κ3) is 4.07. The maximum absolute atomic E-state index is 12.5. The van der Waals surface area contributed by atoms with Gasteiger partial charge in [-0.15, -0.1) is 0 Å². The van der Waals surface area contributed by atoms with Gasteiger partial charge >= 0.3 is 0 Å². The van der Waals surface area contributed by atoms with Crippen molar-refractivity contribution in [2.24, 2.45) is 21.6 Å². The van der Waals surface area contributed by atoms with Gasteiger partial charge in [-0.25, -0.2) is 4.99 Å². The van der Waals surface area contributed by atoms with Gasteiger partial charge in [-0.05, 0) is 18.2 Å². The minimum absolute atomic E-state index is 0.109. The number of halogens is 1. The average molecular weight is 316 g/mol. The molecule has 0 spiro atoms. The molecule has 0 unspecified atom stereocenters. The van der Waals surface area contributed by atoms with Crippen molar-refractivity contribution in [2.75, 3.05) is 5.43 Å². The summed E-state index contributed by atoms with van der Waals surface area (Å²) >= 11 is 5.98. The van der Waals surface area contributed by atoms with Crippen molar-refractivity contribution in [3.8, 4) is 0 Å². The van der Waals surface area contributed by atoms with Crippen molar-refractivity contribution in [3.63, 3.8) is 0 Å². The zero-order valence-electron chi connectivity index (χ0n) is 11.5. The molecule has 2 rings (SSSR count). The molecular weight excluding hydrogens is 302 g/mol. The number of nitrogens with one attached hydrogen (secondary N) is 1. The summed E-state index contributed by atoms with van der Waals surface area (Å²) in [6, 6.07) is 13.8. The second kappa shape index (κ2) is 7.24. The van der Waals surface area contributed by atoms with Crippen LogP contribution in [0.25, 0.3) is 0 Å². The first-order chi connectivity index (χ1) is 10.6. The molecule has 0 radical (unpaired) electrons. The molecular formula is C15H14ClN5O. The lowest BCUT2D eigenvalue weighted by Gasteiger charge is -2.08. The summed E-state index contributed by atoms with van der Waals surface area (Å²) in [4.78, 5) is 16.1. The van der Waals surface area contributed by atoms with Crippen LogP contribution in [0.4, 0.5) is 5.69 Å². The first kappa shape index (κ1) is 15.5. The summed E-state index contributed by atoms with van der Waals surface area (Å²) in [7, 11) is 0. The van der Waals surface area contributed by atoms with Gasteiger partial charge in [0.05, 0.1) is 5.69 Å². The second-order valence-electron chi connectivity index (χ2n) is 4.30. The number of carbonyl (C=O) groups excluding carboxylic acids is 1. The van der Waals surface area contributed by atoms with Gasteiger partial charge in [-0.1, -0.05) is 41.9 Å². The van der Waals surface area contributed by atoms with Crippen LogP contribution in [-0.2, 0) is 0 Å².